The monoisotopic (exact) mass is 218 g/mol. The Bertz CT molecular complexity index is 430. The number of aliphatic carboxylic acids is 1. The maximum atomic E-state index is 10.8. The lowest BCUT2D eigenvalue weighted by Crippen LogP contribution is -2.06. The van der Waals surface area contributed by atoms with Crippen LogP contribution in [0.1, 0.15) is 27.8 Å². The highest BCUT2D eigenvalue weighted by atomic mass is 16.4. The van der Waals surface area contributed by atoms with Gasteiger partial charge in [-0.2, -0.15) is 0 Å². The van der Waals surface area contributed by atoms with E-state index in [-0.39, 0.29) is 5.57 Å². The average molecular weight is 218 g/mol. The van der Waals surface area contributed by atoms with E-state index in [4.69, 9.17) is 5.11 Å². The van der Waals surface area contributed by atoms with Crippen molar-refractivity contribution in [3.63, 3.8) is 0 Å². The Balaban J connectivity index is 3.22. The molecule has 16 heavy (non-hydrogen) atoms. The van der Waals surface area contributed by atoms with Gasteiger partial charge in [0.25, 0.3) is 0 Å². The van der Waals surface area contributed by atoms with Gasteiger partial charge in [0, 0.05) is 12.0 Å². The van der Waals surface area contributed by atoms with Gasteiger partial charge in [0.2, 0.25) is 0 Å². The van der Waals surface area contributed by atoms with Crippen LogP contribution in [0.15, 0.2) is 18.2 Å². The van der Waals surface area contributed by atoms with Gasteiger partial charge in [-0.3, -0.25) is 0 Å². The van der Waals surface area contributed by atoms with Crippen LogP contribution in [0.25, 0.3) is 0 Å². The predicted octanol–water partition coefficient (Wildman–Crippen LogP) is 3.10. The molecule has 0 radical (unpaired) electrons. The topological polar surface area (TPSA) is 37.3 Å². The molecule has 2 nitrogen and oxygen atoms in total. The summed E-state index contributed by atoms with van der Waals surface area (Å²) in [6.07, 6.45) is 0.426. The molecule has 0 saturated heterocycles. The van der Waals surface area contributed by atoms with E-state index in [2.05, 4.69) is 26.5 Å². The summed E-state index contributed by atoms with van der Waals surface area (Å²) < 4.78 is 0. The normalized spacial score (nSPS) is 10.2. The third-order valence-electron chi connectivity index (χ3n) is 3.21. The fourth-order valence-corrected chi connectivity index (χ4v) is 1.85. The molecular weight excluding hydrogens is 200 g/mol. The third-order valence-corrected chi connectivity index (χ3v) is 3.21. The summed E-state index contributed by atoms with van der Waals surface area (Å²) in [4.78, 5) is 10.8. The third kappa shape index (κ3) is 2.32. The first-order valence-electron chi connectivity index (χ1n) is 5.32. The molecule has 0 aliphatic rings. The molecule has 1 N–H and O–H groups in total. The van der Waals surface area contributed by atoms with E-state index in [1.807, 2.05) is 13.8 Å². The summed E-state index contributed by atoms with van der Waals surface area (Å²) in [7, 11) is 0. The molecule has 0 saturated carbocycles. The molecule has 0 bridgehead atoms. The van der Waals surface area contributed by atoms with Gasteiger partial charge < -0.3 is 5.11 Å². The molecule has 0 amide bonds. The lowest BCUT2D eigenvalue weighted by molar-refractivity contribution is -0.132. The van der Waals surface area contributed by atoms with Crippen molar-refractivity contribution >= 4 is 5.97 Å². The second-order valence-electron chi connectivity index (χ2n) is 4.32. The minimum Gasteiger partial charge on any atom is -0.478 e. The van der Waals surface area contributed by atoms with Gasteiger partial charge in [-0.25, -0.2) is 4.79 Å². The average Bonchev–Trinajstić information content (AvgIpc) is 2.21. The summed E-state index contributed by atoms with van der Waals surface area (Å²) in [6.45, 7) is 11.8. The van der Waals surface area contributed by atoms with Crippen molar-refractivity contribution < 1.29 is 9.90 Å². The predicted molar refractivity (Wildman–Crippen MR) is 65.9 cm³/mol. The Labute approximate surface area is 96.6 Å². The molecule has 0 aromatic heterocycles. The fourth-order valence-electron chi connectivity index (χ4n) is 1.85. The molecule has 0 aliphatic carbocycles. The number of hydrogen-bond acceptors (Lipinski definition) is 1. The van der Waals surface area contributed by atoms with Crippen LogP contribution in [0.2, 0.25) is 0 Å². The van der Waals surface area contributed by atoms with E-state index >= 15 is 0 Å². The largest absolute Gasteiger partial charge is 0.478 e. The summed E-state index contributed by atoms with van der Waals surface area (Å²) in [5, 5.41) is 8.86. The number of benzene rings is 1. The molecule has 0 spiro atoms. The van der Waals surface area contributed by atoms with Crippen molar-refractivity contribution in [3.8, 4) is 0 Å². The first-order chi connectivity index (χ1) is 7.34. The number of hydrogen-bond donors (Lipinski definition) is 1. The SMILES string of the molecule is C=C(Cc1c(C)c(C)cc(C)c1C)C(=O)O. The Morgan fingerprint density at radius 3 is 2.00 bits per heavy atom. The van der Waals surface area contributed by atoms with Crippen molar-refractivity contribution in [3.05, 3.63) is 46.0 Å². The molecule has 1 aromatic rings. The van der Waals surface area contributed by atoms with Gasteiger partial charge in [0.1, 0.15) is 0 Å². The number of carboxylic acid groups (broad SMARTS) is 1. The van der Waals surface area contributed by atoms with E-state index in [1.165, 1.54) is 22.3 Å². The highest BCUT2D eigenvalue weighted by Crippen LogP contribution is 2.23. The molecule has 0 fully saturated rings. The van der Waals surface area contributed by atoms with Crippen LogP contribution in [0.3, 0.4) is 0 Å². The molecule has 0 heterocycles. The van der Waals surface area contributed by atoms with Gasteiger partial charge in [0.15, 0.2) is 0 Å². The highest BCUT2D eigenvalue weighted by Gasteiger charge is 2.12. The molecule has 1 aromatic carbocycles. The van der Waals surface area contributed by atoms with Crippen LogP contribution in [0.5, 0.6) is 0 Å². The quantitative estimate of drug-likeness (QED) is 0.791. The maximum absolute atomic E-state index is 10.8. The molecular formula is C14H18O2. The maximum Gasteiger partial charge on any atom is 0.331 e. The Morgan fingerprint density at radius 2 is 1.62 bits per heavy atom. The van der Waals surface area contributed by atoms with E-state index in [0.717, 1.165) is 5.56 Å². The number of carboxylic acids is 1. The van der Waals surface area contributed by atoms with Crippen LogP contribution in [0.4, 0.5) is 0 Å². The van der Waals surface area contributed by atoms with Crippen LogP contribution < -0.4 is 0 Å². The standard InChI is InChI=1S/C14H18O2/c1-8-6-9(2)12(5)13(11(8)4)7-10(3)14(15)16/h6H,3,7H2,1-2,4-5H3,(H,15,16). The van der Waals surface area contributed by atoms with Crippen LogP contribution in [-0.4, -0.2) is 11.1 Å². The van der Waals surface area contributed by atoms with E-state index in [0.29, 0.717) is 6.42 Å². The summed E-state index contributed by atoms with van der Waals surface area (Å²) in [5.74, 6) is -0.919. The second kappa shape index (κ2) is 4.52. The summed E-state index contributed by atoms with van der Waals surface area (Å²) >= 11 is 0. The van der Waals surface area contributed by atoms with Gasteiger partial charge in [0.05, 0.1) is 0 Å². The first kappa shape index (κ1) is 12.5. The van der Waals surface area contributed by atoms with Crippen molar-refractivity contribution in [2.45, 2.75) is 34.1 Å². The van der Waals surface area contributed by atoms with Gasteiger partial charge >= 0.3 is 5.97 Å². The minimum atomic E-state index is -0.919. The van der Waals surface area contributed by atoms with Gasteiger partial charge in [-0.15, -0.1) is 0 Å². The zero-order valence-electron chi connectivity index (χ0n) is 10.3. The summed E-state index contributed by atoms with van der Waals surface area (Å²) in [5.41, 5.74) is 6.10. The number of rotatable bonds is 3. The molecule has 2 heteroatoms. The smallest absolute Gasteiger partial charge is 0.331 e. The number of aryl methyl sites for hydroxylation is 2. The molecule has 0 unspecified atom stereocenters. The lowest BCUT2D eigenvalue weighted by Gasteiger charge is -2.15. The first-order valence-corrected chi connectivity index (χ1v) is 5.32. The zero-order chi connectivity index (χ0) is 12.5. The Hall–Kier alpha value is -1.57. The molecule has 0 aliphatic heterocycles. The van der Waals surface area contributed by atoms with Crippen molar-refractivity contribution in [2.75, 3.05) is 0 Å². The Morgan fingerprint density at radius 1 is 1.19 bits per heavy atom. The second-order valence-corrected chi connectivity index (χ2v) is 4.32. The molecule has 0 atom stereocenters. The van der Waals surface area contributed by atoms with Crippen LogP contribution in [0, 0.1) is 27.7 Å². The number of carbonyl (C=O) groups is 1. The van der Waals surface area contributed by atoms with Gasteiger partial charge in [-0.05, 0) is 55.5 Å². The van der Waals surface area contributed by atoms with E-state index < -0.39 is 5.97 Å². The van der Waals surface area contributed by atoms with Crippen molar-refractivity contribution in [1.82, 2.24) is 0 Å². The van der Waals surface area contributed by atoms with Crippen LogP contribution >= 0.6 is 0 Å². The Kier molecular flexibility index (Phi) is 3.53. The van der Waals surface area contributed by atoms with Crippen LogP contribution in [-0.2, 0) is 11.2 Å². The van der Waals surface area contributed by atoms with Crippen molar-refractivity contribution in [2.24, 2.45) is 0 Å². The molecule has 86 valence electrons. The minimum absolute atomic E-state index is 0.246. The van der Waals surface area contributed by atoms with Crippen molar-refractivity contribution in [1.29, 1.82) is 0 Å². The van der Waals surface area contributed by atoms with E-state index in [9.17, 15) is 4.79 Å². The lowest BCUT2D eigenvalue weighted by atomic mass is 9.90. The van der Waals surface area contributed by atoms with E-state index in [1.54, 1.807) is 0 Å². The molecule has 1 rings (SSSR count). The summed E-state index contributed by atoms with van der Waals surface area (Å²) in [6, 6.07) is 2.14. The highest BCUT2D eigenvalue weighted by molar-refractivity contribution is 5.86. The fraction of sp³-hybridized carbons (Fsp3) is 0.357. The van der Waals surface area contributed by atoms with Gasteiger partial charge in [-0.1, -0.05) is 12.6 Å². The zero-order valence-corrected chi connectivity index (χ0v) is 10.3.